The van der Waals surface area contributed by atoms with Crippen molar-refractivity contribution in [2.24, 2.45) is 0 Å². The Labute approximate surface area is 191 Å². The van der Waals surface area contributed by atoms with Crippen molar-refractivity contribution in [3.05, 3.63) is 42.5 Å². The Kier molecular flexibility index (Phi) is 7.19. The Morgan fingerprint density at radius 3 is 2.45 bits per heavy atom. The van der Waals surface area contributed by atoms with E-state index in [1.54, 1.807) is 37.3 Å². The molecule has 3 aromatic rings. The van der Waals surface area contributed by atoms with Gasteiger partial charge >= 0.3 is 0 Å². The Balaban J connectivity index is 1.21. The van der Waals surface area contributed by atoms with E-state index in [1.165, 1.54) is 4.90 Å². The minimum Gasteiger partial charge on any atom is -0.497 e. The van der Waals surface area contributed by atoms with E-state index in [4.69, 9.17) is 14.5 Å². The van der Waals surface area contributed by atoms with Gasteiger partial charge < -0.3 is 19.3 Å². The summed E-state index contributed by atoms with van der Waals surface area (Å²) in [5, 5.41) is 1.02. The van der Waals surface area contributed by atoms with Crippen molar-refractivity contribution in [3.8, 4) is 11.5 Å². The first-order chi connectivity index (χ1) is 15.2. The number of carbonyl (C=O) groups is 1. The monoisotopic (exact) mass is 457 g/mol. The largest absolute Gasteiger partial charge is 0.497 e. The molecule has 0 N–H and O–H groups in total. The van der Waals surface area contributed by atoms with Gasteiger partial charge in [0.25, 0.3) is 0 Å². The van der Waals surface area contributed by atoms with Crippen LogP contribution in [0.15, 0.2) is 47.4 Å². The molecule has 0 radical (unpaired) electrons. The van der Waals surface area contributed by atoms with Gasteiger partial charge in [0.1, 0.15) is 11.5 Å². The van der Waals surface area contributed by atoms with Crippen LogP contribution in [-0.4, -0.2) is 61.9 Å². The van der Waals surface area contributed by atoms with Crippen LogP contribution >= 0.6 is 23.1 Å². The zero-order valence-corrected chi connectivity index (χ0v) is 19.5. The molecule has 4 rings (SSSR count). The van der Waals surface area contributed by atoms with Crippen LogP contribution in [0, 0.1) is 0 Å². The summed E-state index contributed by atoms with van der Waals surface area (Å²) in [5.41, 5.74) is 0.994. The van der Waals surface area contributed by atoms with Crippen LogP contribution in [0.3, 0.4) is 0 Å². The van der Waals surface area contributed by atoms with E-state index in [0.717, 1.165) is 65.2 Å². The molecule has 1 amide bonds. The van der Waals surface area contributed by atoms with Crippen LogP contribution in [-0.2, 0) is 4.79 Å². The van der Waals surface area contributed by atoms with Gasteiger partial charge in [0.05, 0.1) is 24.4 Å². The summed E-state index contributed by atoms with van der Waals surface area (Å²) in [4.78, 5) is 22.8. The highest BCUT2D eigenvalue weighted by Gasteiger charge is 2.22. The van der Waals surface area contributed by atoms with Gasteiger partial charge in [0.15, 0.2) is 5.13 Å². The molecule has 0 bridgehead atoms. The average molecular weight is 458 g/mol. The fourth-order valence-corrected chi connectivity index (χ4v) is 5.44. The van der Waals surface area contributed by atoms with Gasteiger partial charge in [-0.3, -0.25) is 4.79 Å². The number of fused-ring (bicyclic) bond motifs is 1. The Morgan fingerprint density at radius 1 is 1.03 bits per heavy atom. The van der Waals surface area contributed by atoms with Crippen LogP contribution in [0.25, 0.3) is 10.2 Å². The second kappa shape index (κ2) is 10.2. The molecule has 0 aliphatic carbocycles. The van der Waals surface area contributed by atoms with Crippen LogP contribution in [0.5, 0.6) is 11.5 Å². The van der Waals surface area contributed by atoms with Gasteiger partial charge in [-0.05, 0) is 54.6 Å². The smallest absolute Gasteiger partial charge is 0.222 e. The Hall–Kier alpha value is -2.45. The molecule has 8 heteroatoms. The predicted molar refractivity (Wildman–Crippen MR) is 128 cm³/mol. The van der Waals surface area contributed by atoms with E-state index in [-0.39, 0.29) is 5.91 Å². The lowest BCUT2D eigenvalue weighted by Crippen LogP contribution is -2.48. The van der Waals surface area contributed by atoms with Crippen molar-refractivity contribution >= 4 is 44.4 Å². The molecular formula is C23H27N3O3S2. The van der Waals surface area contributed by atoms with Crippen LogP contribution in [0.2, 0.25) is 0 Å². The summed E-state index contributed by atoms with van der Waals surface area (Å²) >= 11 is 3.46. The molecular weight excluding hydrogens is 430 g/mol. The fraction of sp³-hybridized carbons (Fsp3) is 0.391. The molecule has 0 unspecified atom stereocenters. The third-order valence-electron chi connectivity index (χ3n) is 5.35. The standard InChI is InChI=1S/C23H27N3O3S2/c1-28-17-5-8-19(9-6-17)30-15-3-4-22(27)25-11-13-26(14-12-25)23-24-20-10-7-18(29-2)16-21(20)31-23/h5-10,16H,3-4,11-15H2,1-2H3. The minimum atomic E-state index is 0.254. The number of nitrogens with zero attached hydrogens (tertiary/aromatic N) is 3. The number of piperazine rings is 1. The third-order valence-corrected chi connectivity index (χ3v) is 7.53. The van der Waals surface area contributed by atoms with E-state index < -0.39 is 0 Å². The van der Waals surface area contributed by atoms with Crippen molar-refractivity contribution in [2.75, 3.05) is 51.1 Å². The quantitative estimate of drug-likeness (QED) is 0.366. The van der Waals surface area contributed by atoms with Crippen molar-refractivity contribution in [3.63, 3.8) is 0 Å². The second-order valence-electron chi connectivity index (χ2n) is 7.33. The summed E-state index contributed by atoms with van der Waals surface area (Å²) in [6.07, 6.45) is 1.49. The first kappa shape index (κ1) is 21.8. The first-order valence-electron chi connectivity index (χ1n) is 10.4. The van der Waals surface area contributed by atoms with Gasteiger partial charge in [-0.15, -0.1) is 11.8 Å². The highest BCUT2D eigenvalue weighted by molar-refractivity contribution is 7.99. The number of hydrogen-bond donors (Lipinski definition) is 0. The lowest BCUT2D eigenvalue weighted by Gasteiger charge is -2.34. The van der Waals surface area contributed by atoms with Crippen LogP contribution in [0.4, 0.5) is 5.13 Å². The number of amides is 1. The maximum Gasteiger partial charge on any atom is 0.222 e. The van der Waals surface area contributed by atoms with Gasteiger partial charge in [0, 0.05) is 37.5 Å². The summed E-state index contributed by atoms with van der Waals surface area (Å²) in [7, 11) is 3.35. The molecule has 31 heavy (non-hydrogen) atoms. The number of carbonyl (C=O) groups excluding carboxylic acids is 1. The summed E-state index contributed by atoms with van der Waals surface area (Å²) in [6.45, 7) is 3.15. The third kappa shape index (κ3) is 5.43. The minimum absolute atomic E-state index is 0.254. The lowest BCUT2D eigenvalue weighted by molar-refractivity contribution is -0.131. The molecule has 0 spiro atoms. The molecule has 1 aliphatic heterocycles. The maximum atomic E-state index is 12.6. The van der Waals surface area contributed by atoms with Crippen molar-refractivity contribution in [2.45, 2.75) is 17.7 Å². The number of hydrogen-bond acceptors (Lipinski definition) is 7. The molecule has 1 aliphatic rings. The van der Waals surface area contributed by atoms with Crippen molar-refractivity contribution < 1.29 is 14.3 Å². The molecule has 0 saturated carbocycles. The molecule has 164 valence electrons. The van der Waals surface area contributed by atoms with Crippen molar-refractivity contribution in [1.82, 2.24) is 9.88 Å². The van der Waals surface area contributed by atoms with E-state index in [2.05, 4.69) is 17.0 Å². The summed E-state index contributed by atoms with van der Waals surface area (Å²) in [5.74, 6) is 2.91. The van der Waals surface area contributed by atoms with Gasteiger partial charge in [-0.2, -0.15) is 0 Å². The lowest BCUT2D eigenvalue weighted by atomic mass is 10.2. The van der Waals surface area contributed by atoms with E-state index in [1.807, 2.05) is 35.2 Å². The average Bonchev–Trinajstić information content (AvgIpc) is 3.25. The van der Waals surface area contributed by atoms with Crippen LogP contribution in [0.1, 0.15) is 12.8 Å². The SMILES string of the molecule is COc1ccc(SCCCC(=O)N2CCN(c3nc4ccc(OC)cc4s3)CC2)cc1. The molecule has 1 saturated heterocycles. The van der Waals surface area contributed by atoms with Crippen LogP contribution < -0.4 is 14.4 Å². The first-order valence-corrected chi connectivity index (χ1v) is 12.2. The van der Waals surface area contributed by atoms with E-state index in [0.29, 0.717) is 6.42 Å². The second-order valence-corrected chi connectivity index (χ2v) is 9.50. The normalized spacial score (nSPS) is 14.1. The molecule has 1 aromatic heterocycles. The van der Waals surface area contributed by atoms with Crippen molar-refractivity contribution in [1.29, 1.82) is 0 Å². The number of rotatable bonds is 8. The Bertz CT molecular complexity index is 1010. The Morgan fingerprint density at radius 2 is 1.74 bits per heavy atom. The number of benzene rings is 2. The predicted octanol–water partition coefficient (Wildman–Crippen LogP) is 4.53. The zero-order chi connectivity index (χ0) is 21.6. The topological polar surface area (TPSA) is 54.9 Å². The highest BCUT2D eigenvalue weighted by Crippen LogP contribution is 2.32. The van der Waals surface area contributed by atoms with E-state index in [9.17, 15) is 4.79 Å². The number of ether oxygens (including phenoxy) is 2. The van der Waals surface area contributed by atoms with Gasteiger partial charge in [-0.1, -0.05) is 11.3 Å². The fourth-order valence-electron chi connectivity index (χ4n) is 3.55. The number of aromatic nitrogens is 1. The van der Waals surface area contributed by atoms with Gasteiger partial charge in [0.2, 0.25) is 5.91 Å². The molecule has 1 fully saturated rings. The molecule has 0 atom stereocenters. The zero-order valence-electron chi connectivity index (χ0n) is 17.9. The number of thiazole rings is 1. The van der Waals surface area contributed by atoms with E-state index >= 15 is 0 Å². The molecule has 2 aromatic carbocycles. The highest BCUT2D eigenvalue weighted by atomic mass is 32.2. The number of anilines is 1. The molecule has 6 nitrogen and oxygen atoms in total. The maximum absolute atomic E-state index is 12.6. The summed E-state index contributed by atoms with van der Waals surface area (Å²) < 4.78 is 11.6. The number of methoxy groups -OCH3 is 2. The van der Waals surface area contributed by atoms with Gasteiger partial charge in [-0.25, -0.2) is 4.98 Å². The number of thioether (sulfide) groups is 1. The molecule has 2 heterocycles. The summed E-state index contributed by atoms with van der Waals surface area (Å²) in [6, 6.07) is 14.0.